The minimum absolute atomic E-state index is 0.0524. The number of ether oxygens (including phenoxy) is 1. The van der Waals surface area contributed by atoms with Gasteiger partial charge in [0, 0.05) is 30.1 Å². The summed E-state index contributed by atoms with van der Waals surface area (Å²) in [5.41, 5.74) is 1.98. The number of hydrogen-bond acceptors (Lipinski definition) is 6. The summed E-state index contributed by atoms with van der Waals surface area (Å²) >= 11 is 0. The van der Waals surface area contributed by atoms with E-state index in [1.54, 1.807) is 0 Å². The van der Waals surface area contributed by atoms with Crippen molar-refractivity contribution in [1.29, 1.82) is 0 Å². The second kappa shape index (κ2) is 15.2. The zero-order valence-corrected chi connectivity index (χ0v) is 29.0. The fourth-order valence-electron chi connectivity index (χ4n) is 9.61. The van der Waals surface area contributed by atoms with Crippen LogP contribution >= 0.6 is 0 Å². The summed E-state index contributed by atoms with van der Waals surface area (Å²) in [6.45, 7) is 9.99. The van der Waals surface area contributed by atoms with Crippen LogP contribution in [0, 0.1) is 5.92 Å². The number of allylic oxidation sites excluding steroid dienone is 1. The Morgan fingerprint density at radius 1 is 1.00 bits per heavy atom. The predicted molar refractivity (Wildman–Crippen MR) is 181 cm³/mol. The largest absolute Gasteiger partial charge is 0.459 e. The van der Waals surface area contributed by atoms with Gasteiger partial charge in [-0.25, -0.2) is 25.0 Å². The Labute approximate surface area is 273 Å². The van der Waals surface area contributed by atoms with E-state index in [-0.39, 0.29) is 18.1 Å². The summed E-state index contributed by atoms with van der Waals surface area (Å²) in [6, 6.07) is 2.95. The van der Waals surface area contributed by atoms with Crippen molar-refractivity contribution in [3.8, 4) is 0 Å². The molecule has 0 amide bonds. The highest BCUT2D eigenvalue weighted by Crippen LogP contribution is 2.40. The lowest BCUT2D eigenvalue weighted by atomic mass is 9.90. The van der Waals surface area contributed by atoms with Crippen molar-refractivity contribution < 1.29 is 19.4 Å². The zero-order valence-electron chi connectivity index (χ0n) is 29.0. The molecule has 45 heavy (non-hydrogen) atoms. The molecule has 0 radical (unpaired) electrons. The van der Waals surface area contributed by atoms with Crippen molar-refractivity contribution in [3.05, 3.63) is 11.3 Å². The Bertz CT molecular complexity index is 1130. The molecule has 0 bridgehead atoms. The Morgan fingerprint density at radius 3 is 2.62 bits per heavy atom. The van der Waals surface area contributed by atoms with Crippen molar-refractivity contribution in [2.75, 3.05) is 6.54 Å². The summed E-state index contributed by atoms with van der Waals surface area (Å²) in [4.78, 5) is 20.9. The van der Waals surface area contributed by atoms with Crippen molar-refractivity contribution in [2.45, 2.75) is 192 Å². The first kappa shape index (κ1) is 32.8. The fourth-order valence-corrected chi connectivity index (χ4v) is 9.61. The molecule has 6 heterocycles. The van der Waals surface area contributed by atoms with Crippen LogP contribution in [0.1, 0.15) is 150 Å². The normalized spacial score (nSPS) is 32.5. The monoisotopic (exact) mass is 625 g/mol. The van der Waals surface area contributed by atoms with Crippen molar-refractivity contribution >= 4 is 17.9 Å². The maximum Gasteiger partial charge on any atom is 0.441 e. The number of hydrogen-bond donors (Lipinski definition) is 3. The van der Waals surface area contributed by atoms with Gasteiger partial charge in [0.1, 0.15) is 18.1 Å². The van der Waals surface area contributed by atoms with Crippen LogP contribution in [-0.2, 0) is 9.53 Å². The molecule has 0 aromatic carbocycles. The van der Waals surface area contributed by atoms with Crippen LogP contribution in [0.3, 0.4) is 0 Å². The number of carbonyl (C=O) groups excluding carboxylic acids is 1. The minimum atomic E-state index is -0.145. The molecule has 6 rings (SSSR count). The molecule has 0 unspecified atom stereocenters. The summed E-state index contributed by atoms with van der Waals surface area (Å²) in [6.07, 6.45) is 23.8. The van der Waals surface area contributed by atoms with Crippen LogP contribution in [0.25, 0.3) is 0 Å². The quantitative estimate of drug-likeness (QED) is 0.123. The molecular formula is C37H64N6O2+2. The van der Waals surface area contributed by atoms with Gasteiger partial charge < -0.3 is 15.0 Å². The molecule has 8 atom stereocenters. The number of aliphatic imine (C=N–C) groups is 1. The lowest BCUT2D eigenvalue weighted by molar-refractivity contribution is -0.707. The van der Waals surface area contributed by atoms with Crippen molar-refractivity contribution in [1.82, 2.24) is 15.5 Å². The van der Waals surface area contributed by atoms with E-state index in [0.29, 0.717) is 18.1 Å². The van der Waals surface area contributed by atoms with Crippen LogP contribution in [0.15, 0.2) is 16.3 Å². The second-order valence-electron chi connectivity index (χ2n) is 15.5. The molecule has 0 saturated carbocycles. The Kier molecular flexibility index (Phi) is 11.1. The van der Waals surface area contributed by atoms with E-state index < -0.39 is 0 Å². The number of nitrogens with zero attached hydrogens (tertiary/aromatic N) is 3. The van der Waals surface area contributed by atoms with Gasteiger partial charge in [0.2, 0.25) is 0 Å². The molecular weight excluding hydrogens is 560 g/mol. The van der Waals surface area contributed by atoms with Crippen LogP contribution in [0.2, 0.25) is 0 Å². The van der Waals surface area contributed by atoms with E-state index in [1.165, 1.54) is 108 Å². The Balaban J connectivity index is 0.913. The molecule has 6 aliphatic rings. The molecule has 8 nitrogen and oxygen atoms in total. The summed E-state index contributed by atoms with van der Waals surface area (Å²) < 4.78 is 8.82. The molecule has 0 aromatic rings. The predicted octanol–water partition coefficient (Wildman–Crippen LogP) is 5.32. The number of carbonyl (C=O) groups is 1. The number of rotatable bonds is 16. The summed E-state index contributed by atoms with van der Waals surface area (Å²) in [5.74, 6) is 3.09. The van der Waals surface area contributed by atoms with E-state index in [4.69, 9.17) is 9.73 Å². The van der Waals surface area contributed by atoms with Gasteiger partial charge in [-0.05, 0) is 78.6 Å². The summed E-state index contributed by atoms with van der Waals surface area (Å²) in [5, 5.41) is 9.98. The first-order valence-corrected chi connectivity index (χ1v) is 19.3. The minimum Gasteiger partial charge on any atom is -0.459 e. The molecule has 4 N–H and O–H groups in total. The third kappa shape index (κ3) is 7.57. The number of quaternary nitrogens is 1. The highest BCUT2D eigenvalue weighted by molar-refractivity contribution is 5.96. The molecule has 0 aromatic heterocycles. The van der Waals surface area contributed by atoms with Crippen LogP contribution in [0.5, 0.6) is 0 Å². The molecule has 0 spiro atoms. The molecule has 6 aliphatic heterocycles. The van der Waals surface area contributed by atoms with Gasteiger partial charge >= 0.3 is 11.9 Å². The fraction of sp³-hybridized carbons (Fsp3) is 0.865. The highest BCUT2D eigenvalue weighted by atomic mass is 16.5. The van der Waals surface area contributed by atoms with Crippen molar-refractivity contribution in [2.24, 2.45) is 10.9 Å². The number of nitrogens with one attached hydrogen (secondary N) is 2. The highest BCUT2D eigenvalue weighted by Gasteiger charge is 2.49. The number of esters is 1. The molecule has 252 valence electrons. The standard InChI is InChI=1S/C37H62N6O2/c1-5-6-7-8-9-10-14-17-29-23-31-19-21-33-34(27(4)40-37(41-29)43(31)33)35(44)45-26(3)15-12-11-13-16-28-24-38-36-39-25(2)22-30-18-20-32(28)42(30)36/h25-32H,5-24H2,1-4H3,(H2,38,39,40,41)/p+2/t25-,26+,27+,28-,29+,30+,31-,32-/m0/s1. The lowest BCUT2D eigenvalue weighted by Gasteiger charge is -2.42. The van der Waals surface area contributed by atoms with Crippen molar-refractivity contribution in [3.63, 3.8) is 0 Å². The molecule has 8 heteroatoms. The average molecular weight is 625 g/mol. The maximum atomic E-state index is 13.5. The van der Waals surface area contributed by atoms with E-state index in [0.717, 1.165) is 61.6 Å². The first-order chi connectivity index (χ1) is 21.9. The third-order valence-corrected chi connectivity index (χ3v) is 11.9. The molecule has 3 saturated heterocycles. The topological polar surface area (TPSA) is 85.6 Å². The average Bonchev–Trinajstić information content (AvgIpc) is 3.63. The number of unbranched alkanes of at least 4 members (excludes halogenated alkanes) is 8. The van der Waals surface area contributed by atoms with E-state index in [2.05, 4.69) is 53.1 Å². The first-order valence-electron chi connectivity index (χ1n) is 19.3. The van der Waals surface area contributed by atoms with Gasteiger partial charge in [-0.1, -0.05) is 64.7 Å². The smallest absolute Gasteiger partial charge is 0.441 e. The lowest BCUT2D eigenvalue weighted by Crippen LogP contribution is -2.97. The zero-order chi connectivity index (χ0) is 31.3. The van der Waals surface area contributed by atoms with E-state index in [9.17, 15) is 4.79 Å². The SMILES string of the molecule is CCCCCCCCC[C@@H]1C[C@@H]2CCC3=C(C(=O)O[C@H](C)CCCCC[C@H]4C[NH2+]C5=[N+]6[C@H](CC[C@@H]46)C[C@H](C)N5)[C@@H](C)N=C(N1)N32. The number of nitrogens with two attached hydrogens (primary N) is 1. The molecule has 3 fully saturated rings. The van der Waals surface area contributed by atoms with Crippen LogP contribution in [-0.4, -0.2) is 76.3 Å². The van der Waals surface area contributed by atoms with Gasteiger partial charge in [0.25, 0.3) is 0 Å². The third-order valence-electron chi connectivity index (χ3n) is 11.9. The Morgan fingerprint density at radius 2 is 1.78 bits per heavy atom. The molecule has 0 aliphatic carbocycles. The number of guanidine groups is 2. The second-order valence-corrected chi connectivity index (χ2v) is 15.5. The van der Waals surface area contributed by atoms with E-state index in [1.807, 2.05) is 0 Å². The maximum absolute atomic E-state index is 13.5. The Hall–Kier alpha value is -2.09. The van der Waals surface area contributed by atoms with Gasteiger partial charge in [-0.15, -0.1) is 0 Å². The van der Waals surface area contributed by atoms with Gasteiger partial charge in [0.05, 0.1) is 24.3 Å². The van der Waals surface area contributed by atoms with Gasteiger partial charge in [0.15, 0.2) is 5.96 Å². The van der Waals surface area contributed by atoms with Crippen LogP contribution < -0.4 is 16.0 Å². The summed E-state index contributed by atoms with van der Waals surface area (Å²) in [7, 11) is 0. The van der Waals surface area contributed by atoms with Gasteiger partial charge in [-0.3, -0.25) is 0 Å². The van der Waals surface area contributed by atoms with Gasteiger partial charge in [-0.2, -0.15) is 0 Å². The van der Waals surface area contributed by atoms with Crippen LogP contribution in [0.4, 0.5) is 0 Å². The van der Waals surface area contributed by atoms with E-state index >= 15 is 0 Å².